The molecule has 1 aromatic rings. The topological polar surface area (TPSA) is 103 Å². The summed E-state index contributed by atoms with van der Waals surface area (Å²) in [4.78, 5) is 11.4. The van der Waals surface area contributed by atoms with Crippen molar-refractivity contribution in [3.8, 4) is 5.75 Å². The van der Waals surface area contributed by atoms with Crippen molar-refractivity contribution in [2.45, 2.75) is 23.8 Å². The number of fused-ring (bicyclic) bond motifs is 1. The molecule has 9 heteroatoms. The summed E-state index contributed by atoms with van der Waals surface area (Å²) in [7, 11) is -3.68. The van der Waals surface area contributed by atoms with E-state index in [1.165, 1.54) is 18.2 Å². The van der Waals surface area contributed by atoms with Crippen LogP contribution in [0, 0.1) is 0 Å². The molecular weight excluding hydrogens is 336 g/mol. The van der Waals surface area contributed by atoms with Gasteiger partial charge in [-0.3, -0.25) is 4.79 Å². The molecule has 24 heavy (non-hydrogen) atoms. The molecule has 1 aromatic carbocycles. The lowest BCUT2D eigenvalue weighted by atomic mass is 10.2. The summed E-state index contributed by atoms with van der Waals surface area (Å²) in [5.41, 5.74) is 0.351. The summed E-state index contributed by atoms with van der Waals surface area (Å²) >= 11 is 0. The third-order valence-electron chi connectivity index (χ3n) is 3.76. The quantitative estimate of drug-likeness (QED) is 0.690. The Hall–Kier alpha value is -1.68. The molecule has 3 rings (SSSR count). The Bertz CT molecular complexity index is 700. The van der Waals surface area contributed by atoms with Gasteiger partial charge in [-0.25, -0.2) is 13.1 Å². The van der Waals surface area contributed by atoms with E-state index in [0.29, 0.717) is 18.0 Å². The number of anilines is 1. The minimum absolute atomic E-state index is 0.0613. The molecule has 2 aliphatic rings. The van der Waals surface area contributed by atoms with Crippen molar-refractivity contribution < 1.29 is 27.4 Å². The number of hydrogen-bond acceptors (Lipinski definition) is 6. The predicted molar refractivity (Wildman–Crippen MR) is 85.5 cm³/mol. The van der Waals surface area contributed by atoms with Gasteiger partial charge < -0.3 is 19.5 Å². The molecule has 1 fully saturated rings. The zero-order valence-electron chi connectivity index (χ0n) is 13.1. The lowest BCUT2D eigenvalue weighted by molar-refractivity contribution is -0.118. The summed E-state index contributed by atoms with van der Waals surface area (Å²) in [6.45, 7) is 1.60. The fourth-order valence-corrected chi connectivity index (χ4v) is 3.59. The van der Waals surface area contributed by atoms with Crippen LogP contribution in [-0.2, 0) is 24.3 Å². The number of hydrogen-bond donors (Lipinski definition) is 2. The van der Waals surface area contributed by atoms with Crippen LogP contribution in [0.2, 0.25) is 0 Å². The maximum Gasteiger partial charge on any atom is 0.262 e. The van der Waals surface area contributed by atoms with Gasteiger partial charge in [0.15, 0.2) is 6.61 Å². The molecule has 0 bridgehead atoms. The van der Waals surface area contributed by atoms with Crippen LogP contribution in [0.4, 0.5) is 5.69 Å². The van der Waals surface area contributed by atoms with Crippen LogP contribution in [0.3, 0.4) is 0 Å². The Morgan fingerprint density at radius 3 is 3.04 bits per heavy atom. The van der Waals surface area contributed by atoms with Crippen LogP contribution >= 0.6 is 0 Å². The molecule has 2 N–H and O–H groups in total. The third-order valence-corrected chi connectivity index (χ3v) is 5.22. The first-order chi connectivity index (χ1) is 11.5. The van der Waals surface area contributed by atoms with Crippen molar-refractivity contribution >= 4 is 21.6 Å². The number of rotatable bonds is 7. The second-order valence-corrected chi connectivity index (χ2v) is 7.37. The van der Waals surface area contributed by atoms with Crippen molar-refractivity contribution in [3.05, 3.63) is 18.2 Å². The molecule has 8 nitrogen and oxygen atoms in total. The smallest absolute Gasteiger partial charge is 0.262 e. The molecule has 1 saturated heterocycles. The van der Waals surface area contributed by atoms with E-state index in [1.807, 2.05) is 0 Å². The molecule has 0 spiro atoms. The molecule has 0 radical (unpaired) electrons. The Balaban J connectivity index is 1.51. The van der Waals surface area contributed by atoms with E-state index in [4.69, 9.17) is 14.2 Å². The first-order valence-electron chi connectivity index (χ1n) is 7.80. The predicted octanol–water partition coefficient (Wildman–Crippen LogP) is 0.491. The highest BCUT2D eigenvalue weighted by Gasteiger charge is 2.21. The molecule has 132 valence electrons. The minimum atomic E-state index is -3.68. The van der Waals surface area contributed by atoms with Crippen molar-refractivity contribution in [1.29, 1.82) is 0 Å². The fraction of sp³-hybridized carbons (Fsp3) is 0.533. The maximum atomic E-state index is 12.3. The van der Waals surface area contributed by atoms with Crippen LogP contribution in [-0.4, -0.2) is 53.4 Å². The molecule has 0 saturated carbocycles. The van der Waals surface area contributed by atoms with Crippen molar-refractivity contribution in [2.24, 2.45) is 0 Å². The number of carbonyl (C=O) groups is 1. The van der Waals surface area contributed by atoms with Gasteiger partial charge in [-0.1, -0.05) is 0 Å². The van der Waals surface area contributed by atoms with Crippen molar-refractivity contribution in [2.75, 3.05) is 38.3 Å². The zero-order chi connectivity index (χ0) is 17.0. The lowest BCUT2D eigenvalue weighted by Gasteiger charge is -2.18. The Labute approximate surface area is 140 Å². The molecule has 2 aliphatic heterocycles. The highest BCUT2D eigenvalue weighted by molar-refractivity contribution is 7.89. The van der Waals surface area contributed by atoms with Gasteiger partial charge in [0.05, 0.1) is 29.9 Å². The second-order valence-electron chi connectivity index (χ2n) is 5.60. The van der Waals surface area contributed by atoms with E-state index in [1.54, 1.807) is 0 Å². The van der Waals surface area contributed by atoms with E-state index < -0.39 is 10.0 Å². The zero-order valence-corrected chi connectivity index (χ0v) is 13.9. The first-order valence-corrected chi connectivity index (χ1v) is 9.29. The highest BCUT2D eigenvalue weighted by atomic mass is 32.2. The number of sulfonamides is 1. The number of nitrogens with one attached hydrogen (secondary N) is 2. The van der Waals surface area contributed by atoms with E-state index in [0.717, 1.165) is 19.4 Å². The molecule has 1 atom stereocenters. The standard InChI is InChI=1S/C15H20N2O6S/c18-15-10-23-14-4-3-12(8-13(14)17-15)24(19,20)16-5-7-21-9-11-2-1-6-22-11/h3-4,8,11,16H,1-2,5-7,9-10H2,(H,17,18). The van der Waals surface area contributed by atoms with E-state index in [2.05, 4.69) is 10.0 Å². The van der Waals surface area contributed by atoms with Crippen molar-refractivity contribution in [3.63, 3.8) is 0 Å². The largest absolute Gasteiger partial charge is 0.482 e. The molecule has 2 heterocycles. The molecule has 1 amide bonds. The summed E-state index contributed by atoms with van der Waals surface area (Å²) in [5, 5.41) is 2.59. The molecular formula is C15H20N2O6S. The van der Waals surface area contributed by atoms with Gasteiger partial charge in [0.1, 0.15) is 5.75 Å². The summed E-state index contributed by atoms with van der Waals surface area (Å²) in [6.07, 6.45) is 2.14. The fourth-order valence-electron chi connectivity index (χ4n) is 2.55. The second kappa shape index (κ2) is 7.47. The number of carbonyl (C=O) groups excluding carboxylic acids is 1. The Morgan fingerprint density at radius 2 is 2.25 bits per heavy atom. The first kappa shape index (κ1) is 17.2. The third kappa shape index (κ3) is 4.23. The van der Waals surface area contributed by atoms with Gasteiger partial charge in [-0.2, -0.15) is 0 Å². The summed E-state index contributed by atoms with van der Waals surface area (Å²) in [5.74, 6) is 0.140. The number of ether oxygens (including phenoxy) is 3. The van der Waals surface area contributed by atoms with E-state index >= 15 is 0 Å². The van der Waals surface area contributed by atoms with Gasteiger partial charge in [0.25, 0.3) is 5.91 Å². The van der Waals surface area contributed by atoms with Crippen LogP contribution < -0.4 is 14.8 Å². The van der Waals surface area contributed by atoms with Crippen LogP contribution in [0.25, 0.3) is 0 Å². The number of amides is 1. The van der Waals surface area contributed by atoms with Gasteiger partial charge in [0, 0.05) is 13.2 Å². The summed E-state index contributed by atoms with van der Waals surface area (Å²) < 4.78 is 43.1. The Morgan fingerprint density at radius 1 is 1.38 bits per heavy atom. The monoisotopic (exact) mass is 356 g/mol. The molecule has 1 unspecified atom stereocenters. The normalized spacial score (nSPS) is 20.3. The van der Waals surface area contributed by atoms with Gasteiger partial charge in [-0.15, -0.1) is 0 Å². The van der Waals surface area contributed by atoms with Gasteiger partial charge in [0.2, 0.25) is 10.0 Å². The van der Waals surface area contributed by atoms with E-state index in [9.17, 15) is 13.2 Å². The Kier molecular flexibility index (Phi) is 5.34. The van der Waals surface area contributed by atoms with Gasteiger partial charge >= 0.3 is 0 Å². The minimum Gasteiger partial charge on any atom is -0.482 e. The molecule has 0 aromatic heterocycles. The van der Waals surface area contributed by atoms with Gasteiger partial charge in [-0.05, 0) is 31.0 Å². The van der Waals surface area contributed by atoms with Crippen LogP contribution in [0.1, 0.15) is 12.8 Å². The lowest BCUT2D eigenvalue weighted by Crippen LogP contribution is -2.29. The molecule has 0 aliphatic carbocycles. The average molecular weight is 356 g/mol. The maximum absolute atomic E-state index is 12.3. The summed E-state index contributed by atoms with van der Waals surface area (Å²) in [6, 6.07) is 4.34. The van der Waals surface area contributed by atoms with Crippen molar-refractivity contribution in [1.82, 2.24) is 4.72 Å². The van der Waals surface area contributed by atoms with E-state index in [-0.39, 0.29) is 36.7 Å². The highest BCUT2D eigenvalue weighted by Crippen LogP contribution is 2.29. The number of benzene rings is 1. The average Bonchev–Trinajstić information content (AvgIpc) is 3.07. The van der Waals surface area contributed by atoms with Crippen LogP contribution in [0.5, 0.6) is 5.75 Å². The SMILES string of the molecule is O=C1COc2ccc(S(=O)(=O)NCCOCC3CCCO3)cc2N1. The van der Waals surface area contributed by atoms with Crippen LogP contribution in [0.15, 0.2) is 23.1 Å².